The van der Waals surface area contributed by atoms with E-state index >= 15 is 0 Å². The van der Waals surface area contributed by atoms with Gasteiger partial charge >= 0.3 is 0 Å². The first kappa shape index (κ1) is 6.21. The smallest absolute Gasteiger partial charge is 0.0165 e. The van der Waals surface area contributed by atoms with Crippen LogP contribution in [0.3, 0.4) is 0 Å². The summed E-state index contributed by atoms with van der Waals surface area (Å²) < 4.78 is 0. The van der Waals surface area contributed by atoms with Gasteiger partial charge in [0.1, 0.15) is 0 Å². The number of fused-ring (bicyclic) bond motifs is 1. The molecule has 0 heteroatoms. The second kappa shape index (κ2) is 2.26. The predicted octanol–water partition coefficient (Wildman–Crippen LogP) is 2.77. The fraction of sp³-hybridized carbons (Fsp3) is 0.600. The summed E-state index contributed by atoms with van der Waals surface area (Å²) >= 11 is 0. The van der Waals surface area contributed by atoms with Gasteiger partial charge in [-0.1, -0.05) is 31.2 Å². The van der Waals surface area contributed by atoms with Crippen LogP contribution >= 0.6 is 0 Å². The molecule has 0 spiro atoms. The molecule has 2 rings (SSSR count). The number of hydrogen-bond donors (Lipinski definition) is 0. The third kappa shape index (κ3) is 0.920. The molecule has 54 valence electrons. The van der Waals surface area contributed by atoms with Crippen molar-refractivity contribution in [1.29, 1.82) is 0 Å². The van der Waals surface area contributed by atoms with Crippen molar-refractivity contribution in [2.24, 2.45) is 17.8 Å². The van der Waals surface area contributed by atoms with Crippen molar-refractivity contribution >= 4 is 0 Å². The highest BCUT2D eigenvalue weighted by Gasteiger charge is 2.28. The van der Waals surface area contributed by atoms with E-state index in [0.29, 0.717) is 0 Å². The molecule has 1 unspecified atom stereocenters. The summed E-state index contributed by atoms with van der Waals surface area (Å²) in [4.78, 5) is 0. The maximum absolute atomic E-state index is 2.37. The van der Waals surface area contributed by atoms with Gasteiger partial charge in [0.25, 0.3) is 0 Å². The summed E-state index contributed by atoms with van der Waals surface area (Å²) in [5.74, 6) is 2.70. The maximum Gasteiger partial charge on any atom is -0.0165 e. The summed E-state index contributed by atoms with van der Waals surface area (Å²) in [5.41, 5.74) is 0. The zero-order valence-corrected chi connectivity index (χ0v) is 6.46. The Morgan fingerprint density at radius 2 is 1.50 bits per heavy atom. The van der Waals surface area contributed by atoms with Gasteiger partial charge in [0.05, 0.1) is 0 Å². The highest BCUT2D eigenvalue weighted by Crippen LogP contribution is 2.39. The fourth-order valence-electron chi connectivity index (χ4n) is 2.23. The standard InChI is InChI=1S/C10H14/c1-8-6-9-4-2-3-5-10(9)7-8/h2-5,8-10H,6-7H2,1H3/t8?,9-,10+. The van der Waals surface area contributed by atoms with E-state index in [2.05, 4.69) is 31.2 Å². The molecule has 0 aromatic heterocycles. The monoisotopic (exact) mass is 134 g/mol. The Balaban J connectivity index is 2.14. The molecule has 0 aromatic rings. The first-order chi connectivity index (χ1) is 4.86. The molecular formula is C10H14. The van der Waals surface area contributed by atoms with E-state index in [9.17, 15) is 0 Å². The predicted molar refractivity (Wildman–Crippen MR) is 43.7 cm³/mol. The van der Waals surface area contributed by atoms with E-state index in [-0.39, 0.29) is 0 Å². The van der Waals surface area contributed by atoms with Crippen molar-refractivity contribution in [1.82, 2.24) is 0 Å². The van der Waals surface area contributed by atoms with Crippen molar-refractivity contribution < 1.29 is 0 Å². The normalized spacial score (nSPS) is 43.9. The number of rotatable bonds is 0. The number of hydrogen-bond acceptors (Lipinski definition) is 0. The zero-order chi connectivity index (χ0) is 6.97. The van der Waals surface area contributed by atoms with E-state index < -0.39 is 0 Å². The van der Waals surface area contributed by atoms with Gasteiger partial charge in [-0.05, 0) is 30.6 Å². The molecule has 0 saturated heterocycles. The van der Waals surface area contributed by atoms with Crippen LogP contribution in [-0.2, 0) is 0 Å². The molecule has 0 radical (unpaired) electrons. The molecule has 0 heterocycles. The molecule has 0 nitrogen and oxygen atoms in total. The lowest BCUT2D eigenvalue weighted by Gasteiger charge is -2.13. The van der Waals surface area contributed by atoms with Crippen LogP contribution in [0, 0.1) is 17.8 Å². The van der Waals surface area contributed by atoms with Crippen molar-refractivity contribution in [3.63, 3.8) is 0 Å². The SMILES string of the molecule is CC1C[C@H]2C=CC=C[C@H]2C1. The fourth-order valence-corrected chi connectivity index (χ4v) is 2.23. The molecule has 0 aromatic carbocycles. The second-order valence-corrected chi connectivity index (χ2v) is 3.67. The van der Waals surface area contributed by atoms with Crippen LogP contribution in [-0.4, -0.2) is 0 Å². The highest BCUT2D eigenvalue weighted by molar-refractivity contribution is 5.16. The lowest BCUT2D eigenvalue weighted by atomic mass is 9.92. The molecule has 0 aliphatic heterocycles. The van der Waals surface area contributed by atoms with Crippen LogP contribution in [0.5, 0.6) is 0 Å². The van der Waals surface area contributed by atoms with Gasteiger partial charge in [0, 0.05) is 0 Å². The van der Waals surface area contributed by atoms with E-state index in [0.717, 1.165) is 17.8 Å². The molecule has 10 heavy (non-hydrogen) atoms. The molecule has 1 fully saturated rings. The van der Waals surface area contributed by atoms with Gasteiger partial charge in [0.15, 0.2) is 0 Å². The Hall–Kier alpha value is -0.520. The first-order valence-electron chi connectivity index (χ1n) is 4.21. The number of allylic oxidation sites excluding steroid dienone is 4. The molecular weight excluding hydrogens is 120 g/mol. The molecule has 0 bridgehead atoms. The van der Waals surface area contributed by atoms with Crippen LogP contribution in [0.4, 0.5) is 0 Å². The summed E-state index contributed by atoms with van der Waals surface area (Å²) in [6.07, 6.45) is 11.9. The molecule has 2 aliphatic carbocycles. The Morgan fingerprint density at radius 1 is 1.00 bits per heavy atom. The Bertz CT molecular complexity index is 156. The van der Waals surface area contributed by atoms with E-state index in [1.807, 2.05) is 0 Å². The molecule has 1 saturated carbocycles. The summed E-state index contributed by atoms with van der Waals surface area (Å²) in [7, 11) is 0. The molecule has 0 N–H and O–H groups in total. The quantitative estimate of drug-likeness (QED) is 0.478. The van der Waals surface area contributed by atoms with Crippen LogP contribution < -0.4 is 0 Å². The van der Waals surface area contributed by atoms with Crippen molar-refractivity contribution in [2.45, 2.75) is 19.8 Å². The Labute approximate surface area is 62.6 Å². The summed E-state index contributed by atoms with van der Waals surface area (Å²) in [5, 5.41) is 0. The lowest BCUT2D eigenvalue weighted by molar-refractivity contribution is 0.552. The lowest BCUT2D eigenvalue weighted by Crippen LogP contribution is -2.03. The van der Waals surface area contributed by atoms with Crippen molar-refractivity contribution in [2.75, 3.05) is 0 Å². The van der Waals surface area contributed by atoms with Gasteiger partial charge in [-0.2, -0.15) is 0 Å². The minimum absolute atomic E-state index is 0.875. The van der Waals surface area contributed by atoms with E-state index in [1.54, 1.807) is 0 Å². The minimum atomic E-state index is 0.875. The Morgan fingerprint density at radius 3 is 2.00 bits per heavy atom. The van der Waals surface area contributed by atoms with Gasteiger partial charge in [-0.25, -0.2) is 0 Å². The summed E-state index contributed by atoms with van der Waals surface area (Å²) in [6.45, 7) is 2.36. The molecule has 2 aliphatic rings. The average Bonchev–Trinajstić information content (AvgIpc) is 2.27. The minimum Gasteiger partial charge on any atom is -0.0808 e. The van der Waals surface area contributed by atoms with Gasteiger partial charge in [-0.15, -0.1) is 0 Å². The van der Waals surface area contributed by atoms with Gasteiger partial charge in [-0.3, -0.25) is 0 Å². The van der Waals surface area contributed by atoms with Gasteiger partial charge < -0.3 is 0 Å². The van der Waals surface area contributed by atoms with E-state index in [1.165, 1.54) is 12.8 Å². The van der Waals surface area contributed by atoms with Crippen LogP contribution in [0.15, 0.2) is 24.3 Å². The molecule has 0 amide bonds. The average molecular weight is 134 g/mol. The van der Waals surface area contributed by atoms with Crippen LogP contribution in [0.2, 0.25) is 0 Å². The van der Waals surface area contributed by atoms with Crippen LogP contribution in [0.25, 0.3) is 0 Å². The first-order valence-corrected chi connectivity index (χ1v) is 4.21. The Kier molecular flexibility index (Phi) is 1.40. The topological polar surface area (TPSA) is 0 Å². The third-order valence-corrected chi connectivity index (χ3v) is 2.73. The second-order valence-electron chi connectivity index (χ2n) is 3.67. The largest absolute Gasteiger partial charge is 0.0808 e. The van der Waals surface area contributed by atoms with Crippen molar-refractivity contribution in [3.05, 3.63) is 24.3 Å². The van der Waals surface area contributed by atoms with Gasteiger partial charge in [0.2, 0.25) is 0 Å². The third-order valence-electron chi connectivity index (χ3n) is 2.73. The highest BCUT2D eigenvalue weighted by atomic mass is 14.3. The maximum atomic E-state index is 2.37. The van der Waals surface area contributed by atoms with E-state index in [4.69, 9.17) is 0 Å². The zero-order valence-electron chi connectivity index (χ0n) is 6.46. The van der Waals surface area contributed by atoms with Crippen molar-refractivity contribution in [3.8, 4) is 0 Å². The summed E-state index contributed by atoms with van der Waals surface area (Å²) in [6, 6.07) is 0. The van der Waals surface area contributed by atoms with Crippen LogP contribution in [0.1, 0.15) is 19.8 Å². The molecule has 3 atom stereocenters.